The molecule has 0 aliphatic heterocycles. The van der Waals surface area contributed by atoms with Crippen LogP contribution in [0.5, 0.6) is 0 Å². The third-order valence-electron chi connectivity index (χ3n) is 3.37. The Morgan fingerprint density at radius 1 is 1.48 bits per heavy atom. The predicted molar refractivity (Wildman–Crippen MR) is 86.3 cm³/mol. The summed E-state index contributed by atoms with van der Waals surface area (Å²) in [5.74, 6) is -1.16. The lowest BCUT2D eigenvalue weighted by Crippen LogP contribution is -2.49. The molecule has 126 valence electrons. The predicted octanol–water partition coefficient (Wildman–Crippen LogP) is 1.06. The number of carbonyl (C=O) groups excluding carboxylic acids is 2. The smallest absolute Gasteiger partial charge is 0.283 e. The number of thioether (sulfide) groups is 1. The number of nitro benzene ring substituents is 1. The third-order valence-corrected chi connectivity index (χ3v) is 4.43. The molecule has 23 heavy (non-hydrogen) atoms. The van der Waals surface area contributed by atoms with Crippen LogP contribution < -0.4 is 11.1 Å². The van der Waals surface area contributed by atoms with Gasteiger partial charge in [0.1, 0.15) is 0 Å². The first-order valence-electron chi connectivity index (χ1n) is 6.85. The second-order valence-electron chi connectivity index (χ2n) is 5.21. The van der Waals surface area contributed by atoms with Gasteiger partial charge in [-0.05, 0) is 25.5 Å². The molecule has 0 saturated carbocycles. The number of primary amides is 1. The first-order chi connectivity index (χ1) is 10.7. The molecule has 1 aromatic rings. The van der Waals surface area contributed by atoms with E-state index in [1.54, 1.807) is 6.92 Å². The summed E-state index contributed by atoms with van der Waals surface area (Å²) in [6.07, 6.45) is 0.549. The molecule has 0 aliphatic rings. The summed E-state index contributed by atoms with van der Waals surface area (Å²) >= 11 is 0.978. The molecule has 9 heteroatoms. The highest BCUT2D eigenvalue weighted by atomic mass is 32.2. The average molecular weight is 341 g/mol. The Morgan fingerprint density at radius 2 is 2.13 bits per heavy atom. The fourth-order valence-corrected chi connectivity index (χ4v) is 2.50. The van der Waals surface area contributed by atoms with Crippen molar-refractivity contribution in [3.05, 3.63) is 33.9 Å². The molecule has 4 N–H and O–H groups in total. The zero-order chi connectivity index (χ0) is 17.6. The topological polar surface area (TPSA) is 136 Å². The van der Waals surface area contributed by atoms with Gasteiger partial charge < -0.3 is 16.2 Å². The summed E-state index contributed by atoms with van der Waals surface area (Å²) in [6.45, 7) is 3.34. The van der Waals surface area contributed by atoms with E-state index in [1.165, 1.54) is 12.1 Å². The molecule has 1 aromatic carbocycles. The van der Waals surface area contributed by atoms with Crippen LogP contribution in [-0.4, -0.2) is 39.7 Å². The number of amides is 2. The zero-order valence-electron chi connectivity index (χ0n) is 12.9. The van der Waals surface area contributed by atoms with Gasteiger partial charge >= 0.3 is 0 Å². The molecular formula is C14H19N3O5S. The molecular weight excluding hydrogens is 322 g/mol. The van der Waals surface area contributed by atoms with Crippen LogP contribution in [0.4, 0.5) is 5.69 Å². The number of hydrogen-bond donors (Lipinski definition) is 3. The first kappa shape index (κ1) is 18.9. The van der Waals surface area contributed by atoms with Gasteiger partial charge in [-0.15, -0.1) is 11.8 Å². The van der Waals surface area contributed by atoms with Crippen LogP contribution in [0.2, 0.25) is 0 Å². The average Bonchev–Trinajstić information content (AvgIpc) is 2.52. The van der Waals surface area contributed by atoms with Crippen molar-refractivity contribution in [3.8, 4) is 0 Å². The Morgan fingerprint density at radius 3 is 2.61 bits per heavy atom. The van der Waals surface area contributed by atoms with E-state index in [0.717, 1.165) is 17.8 Å². The van der Waals surface area contributed by atoms with E-state index in [1.807, 2.05) is 6.92 Å². The second kappa shape index (κ2) is 7.93. The van der Waals surface area contributed by atoms with Crippen molar-refractivity contribution in [1.29, 1.82) is 0 Å². The zero-order valence-corrected chi connectivity index (χ0v) is 13.7. The Labute approximate surface area is 137 Å². The number of nitrogens with zero attached hydrogens (tertiary/aromatic N) is 1. The summed E-state index contributed by atoms with van der Waals surface area (Å²) in [4.78, 5) is 33.7. The van der Waals surface area contributed by atoms with Crippen molar-refractivity contribution in [2.45, 2.75) is 30.7 Å². The number of hydrogen-bond acceptors (Lipinski definition) is 6. The Bertz CT molecular complexity index is 616. The molecule has 1 atom stereocenters. The van der Waals surface area contributed by atoms with Crippen LogP contribution in [0, 0.1) is 10.1 Å². The number of nitrogens with one attached hydrogen (secondary N) is 1. The molecule has 0 fully saturated rings. The minimum atomic E-state index is -0.760. The summed E-state index contributed by atoms with van der Waals surface area (Å²) in [6, 6.07) is 3.85. The third kappa shape index (κ3) is 5.22. The van der Waals surface area contributed by atoms with Crippen molar-refractivity contribution >= 4 is 29.3 Å². The van der Waals surface area contributed by atoms with E-state index in [9.17, 15) is 24.8 Å². The lowest BCUT2D eigenvalue weighted by molar-refractivity contribution is -0.387. The Balaban J connectivity index is 2.83. The standard InChI is InChI=1S/C14H19N3O5S/c1-3-14(2,8-18)16-12(19)7-23-11-5-4-9(13(15)20)6-10(11)17(21)22/h4-6,18H,3,7-8H2,1-2H3,(H2,15,20)(H,16,19). The molecule has 1 rings (SSSR count). The molecule has 8 nitrogen and oxygen atoms in total. The molecule has 0 bridgehead atoms. The Hall–Kier alpha value is -2.13. The number of aliphatic hydroxyl groups excluding tert-OH is 1. The number of benzene rings is 1. The number of nitro groups is 1. The number of rotatable bonds is 8. The van der Waals surface area contributed by atoms with E-state index in [0.29, 0.717) is 6.42 Å². The van der Waals surface area contributed by atoms with E-state index in [2.05, 4.69) is 5.32 Å². The lowest BCUT2D eigenvalue weighted by atomic mass is 10.0. The van der Waals surface area contributed by atoms with Crippen LogP contribution >= 0.6 is 11.8 Å². The molecule has 0 spiro atoms. The summed E-state index contributed by atoms with van der Waals surface area (Å²) in [7, 11) is 0. The van der Waals surface area contributed by atoms with Crippen LogP contribution in [0.1, 0.15) is 30.6 Å². The van der Waals surface area contributed by atoms with Gasteiger partial charge in [-0.3, -0.25) is 19.7 Å². The van der Waals surface area contributed by atoms with Crippen molar-refractivity contribution in [2.24, 2.45) is 5.73 Å². The van der Waals surface area contributed by atoms with E-state index < -0.39 is 16.4 Å². The van der Waals surface area contributed by atoms with Crippen molar-refractivity contribution in [1.82, 2.24) is 5.32 Å². The normalized spacial score (nSPS) is 13.2. The molecule has 2 amide bonds. The minimum Gasteiger partial charge on any atom is -0.394 e. The summed E-state index contributed by atoms with van der Waals surface area (Å²) in [5.41, 5.74) is 4.13. The highest BCUT2D eigenvalue weighted by Crippen LogP contribution is 2.30. The van der Waals surface area contributed by atoms with Gasteiger partial charge in [0.25, 0.3) is 5.69 Å². The number of nitrogens with two attached hydrogens (primary N) is 1. The summed E-state index contributed by atoms with van der Waals surface area (Å²) < 4.78 is 0. The van der Waals surface area contributed by atoms with Gasteiger partial charge in [0.05, 0.1) is 27.7 Å². The van der Waals surface area contributed by atoms with Gasteiger partial charge in [0.15, 0.2) is 0 Å². The molecule has 0 saturated heterocycles. The highest BCUT2D eigenvalue weighted by Gasteiger charge is 2.24. The quantitative estimate of drug-likeness (QED) is 0.367. The molecule has 1 unspecified atom stereocenters. The van der Waals surface area contributed by atoms with E-state index in [-0.39, 0.29) is 34.4 Å². The lowest BCUT2D eigenvalue weighted by Gasteiger charge is -2.27. The van der Waals surface area contributed by atoms with Crippen molar-refractivity contribution in [2.75, 3.05) is 12.4 Å². The van der Waals surface area contributed by atoms with E-state index in [4.69, 9.17) is 5.73 Å². The van der Waals surface area contributed by atoms with Crippen LogP contribution in [-0.2, 0) is 4.79 Å². The molecule has 0 radical (unpaired) electrons. The van der Waals surface area contributed by atoms with Gasteiger partial charge in [-0.2, -0.15) is 0 Å². The first-order valence-corrected chi connectivity index (χ1v) is 7.84. The maximum absolute atomic E-state index is 11.9. The molecule has 0 heterocycles. The largest absolute Gasteiger partial charge is 0.394 e. The number of aliphatic hydroxyl groups is 1. The maximum atomic E-state index is 11.9. The van der Waals surface area contributed by atoms with Gasteiger partial charge in [0, 0.05) is 11.6 Å². The Kier molecular flexibility index (Phi) is 6.52. The fraction of sp³-hybridized carbons (Fsp3) is 0.429. The van der Waals surface area contributed by atoms with Crippen molar-refractivity contribution in [3.63, 3.8) is 0 Å². The van der Waals surface area contributed by atoms with Crippen LogP contribution in [0.25, 0.3) is 0 Å². The monoisotopic (exact) mass is 341 g/mol. The van der Waals surface area contributed by atoms with E-state index >= 15 is 0 Å². The fourth-order valence-electron chi connectivity index (χ4n) is 1.69. The second-order valence-corrected chi connectivity index (χ2v) is 6.23. The molecule has 0 aliphatic carbocycles. The van der Waals surface area contributed by atoms with Crippen LogP contribution in [0.15, 0.2) is 23.1 Å². The SMILES string of the molecule is CCC(C)(CO)NC(=O)CSc1ccc(C(N)=O)cc1[N+](=O)[O-]. The van der Waals surface area contributed by atoms with Crippen LogP contribution in [0.3, 0.4) is 0 Å². The van der Waals surface area contributed by atoms with Gasteiger partial charge in [-0.25, -0.2) is 0 Å². The number of carbonyl (C=O) groups is 2. The summed E-state index contributed by atoms with van der Waals surface area (Å²) in [5, 5.41) is 23.0. The maximum Gasteiger partial charge on any atom is 0.283 e. The van der Waals surface area contributed by atoms with Crippen molar-refractivity contribution < 1.29 is 19.6 Å². The van der Waals surface area contributed by atoms with Gasteiger partial charge in [0.2, 0.25) is 11.8 Å². The van der Waals surface area contributed by atoms with Gasteiger partial charge in [-0.1, -0.05) is 6.92 Å². The minimum absolute atomic E-state index is 0.0318. The molecule has 0 aromatic heterocycles. The highest BCUT2D eigenvalue weighted by molar-refractivity contribution is 8.00.